The number of benzene rings is 2. The van der Waals surface area contributed by atoms with Gasteiger partial charge in [-0.25, -0.2) is 8.42 Å². The molecule has 0 saturated heterocycles. The van der Waals surface area contributed by atoms with E-state index in [-0.39, 0.29) is 17.9 Å². The quantitative estimate of drug-likeness (QED) is 0.587. The van der Waals surface area contributed by atoms with Crippen LogP contribution in [-0.2, 0) is 28.0 Å². The van der Waals surface area contributed by atoms with Crippen molar-refractivity contribution in [1.82, 2.24) is 4.31 Å². The van der Waals surface area contributed by atoms with Crippen LogP contribution in [-0.4, -0.2) is 29.8 Å². The van der Waals surface area contributed by atoms with E-state index in [1.54, 1.807) is 13.0 Å². The van der Waals surface area contributed by atoms with E-state index in [1.165, 1.54) is 11.3 Å². The van der Waals surface area contributed by atoms with Crippen LogP contribution < -0.4 is 4.74 Å². The van der Waals surface area contributed by atoms with Crippen molar-refractivity contribution in [2.45, 2.75) is 37.4 Å². The molecule has 0 radical (unpaired) electrons. The van der Waals surface area contributed by atoms with Gasteiger partial charge in [0.05, 0.1) is 11.4 Å². The summed E-state index contributed by atoms with van der Waals surface area (Å²) in [5, 5.41) is 9.34. The van der Waals surface area contributed by atoms with Crippen LogP contribution in [0.25, 0.3) is 10.4 Å². The van der Waals surface area contributed by atoms with E-state index in [1.807, 2.05) is 54.6 Å². The van der Waals surface area contributed by atoms with Crippen molar-refractivity contribution in [3.63, 3.8) is 0 Å². The van der Waals surface area contributed by atoms with Gasteiger partial charge in [0.1, 0.15) is 18.4 Å². The summed E-state index contributed by atoms with van der Waals surface area (Å²) in [7, 11) is -3.80. The number of sulfonamides is 1. The van der Waals surface area contributed by atoms with Crippen molar-refractivity contribution in [3.8, 4) is 16.2 Å². The molecule has 4 rings (SSSR count). The zero-order valence-electron chi connectivity index (χ0n) is 16.3. The molecule has 1 atom stereocenters. The van der Waals surface area contributed by atoms with Gasteiger partial charge in [0.25, 0.3) is 0 Å². The normalized spacial score (nSPS) is 16.2. The lowest BCUT2D eigenvalue weighted by molar-refractivity contribution is -0.141. The molecule has 1 aliphatic heterocycles. The van der Waals surface area contributed by atoms with Gasteiger partial charge in [-0.1, -0.05) is 37.3 Å². The highest BCUT2D eigenvalue weighted by Gasteiger charge is 2.42. The molecular formula is C22H21NO5S2. The molecule has 6 nitrogen and oxygen atoms in total. The Morgan fingerprint density at radius 3 is 2.47 bits per heavy atom. The lowest BCUT2D eigenvalue weighted by atomic mass is 10.2. The van der Waals surface area contributed by atoms with Gasteiger partial charge in [0, 0.05) is 9.75 Å². The highest BCUT2D eigenvalue weighted by atomic mass is 32.2. The number of nitrogens with zero attached hydrogens (tertiary/aromatic N) is 1. The maximum absolute atomic E-state index is 12.9. The van der Waals surface area contributed by atoms with Gasteiger partial charge in [-0.15, -0.1) is 11.3 Å². The molecular weight excluding hydrogens is 422 g/mol. The van der Waals surface area contributed by atoms with Gasteiger partial charge in [0.2, 0.25) is 10.0 Å². The number of aliphatic carboxylic acids is 1. The first kappa shape index (κ1) is 20.6. The monoisotopic (exact) mass is 443 g/mol. The number of carboxylic acids is 1. The minimum Gasteiger partial charge on any atom is -0.489 e. The fraction of sp³-hybridized carbons (Fsp3) is 0.227. The third-order valence-corrected chi connectivity index (χ3v) is 8.28. The number of rotatable bonds is 7. The minimum absolute atomic E-state index is 0.103. The number of ether oxygens (including phenoxy) is 1. The first-order valence-electron chi connectivity index (χ1n) is 9.54. The van der Waals surface area contributed by atoms with Crippen molar-refractivity contribution in [2.24, 2.45) is 0 Å². The molecule has 3 aromatic rings. The molecule has 1 N–H and O–H groups in total. The predicted molar refractivity (Wildman–Crippen MR) is 115 cm³/mol. The van der Waals surface area contributed by atoms with Gasteiger partial charge in [0.15, 0.2) is 0 Å². The van der Waals surface area contributed by atoms with E-state index < -0.39 is 22.0 Å². The summed E-state index contributed by atoms with van der Waals surface area (Å²) in [5.41, 5.74) is 1.98. The number of carboxylic acid groups (broad SMARTS) is 1. The highest BCUT2D eigenvalue weighted by Crippen LogP contribution is 2.42. The van der Waals surface area contributed by atoms with Crippen LogP contribution in [0.4, 0.5) is 0 Å². The second kappa shape index (κ2) is 8.22. The Kier molecular flexibility index (Phi) is 5.64. The summed E-state index contributed by atoms with van der Waals surface area (Å²) in [6.45, 7) is 2.25. The van der Waals surface area contributed by atoms with Gasteiger partial charge in [-0.2, -0.15) is 4.31 Å². The second-order valence-electron chi connectivity index (χ2n) is 7.01. The Hall–Kier alpha value is -2.68. The predicted octanol–water partition coefficient (Wildman–Crippen LogP) is 4.36. The maximum atomic E-state index is 12.9. The lowest BCUT2D eigenvalue weighted by Gasteiger charge is -2.21. The molecule has 0 fully saturated rings. The summed E-state index contributed by atoms with van der Waals surface area (Å²) in [6.07, 6.45) is 0.223. The van der Waals surface area contributed by atoms with Gasteiger partial charge < -0.3 is 9.84 Å². The average Bonchev–Trinajstić information content (AvgIpc) is 3.27. The zero-order chi connectivity index (χ0) is 21.3. The standard InChI is InChI=1S/C22H21NO5S2/c1-2-18(22(24)25)23-13-20-21(30(23,26)27)12-19(29-20)16-8-10-17(11-9-16)28-14-15-6-4-3-5-7-15/h3-12,18H,2,13-14H2,1H3,(H,24,25). The van der Waals surface area contributed by atoms with E-state index in [9.17, 15) is 18.3 Å². The van der Waals surface area contributed by atoms with E-state index in [2.05, 4.69) is 0 Å². The minimum atomic E-state index is -3.80. The molecule has 0 aliphatic carbocycles. The SMILES string of the molecule is CCC(C(=O)O)N1Cc2sc(-c3ccc(OCc4ccccc4)cc3)cc2S1(=O)=O. The van der Waals surface area contributed by atoms with Crippen molar-refractivity contribution in [1.29, 1.82) is 0 Å². The second-order valence-corrected chi connectivity index (χ2v) is 10.0. The number of thiophene rings is 1. The molecule has 0 saturated carbocycles. The van der Waals surface area contributed by atoms with Gasteiger partial charge in [-0.3, -0.25) is 4.79 Å². The number of carbonyl (C=O) groups is 1. The summed E-state index contributed by atoms with van der Waals surface area (Å²) < 4.78 is 32.6. The van der Waals surface area contributed by atoms with E-state index in [0.29, 0.717) is 11.5 Å². The summed E-state index contributed by atoms with van der Waals surface area (Å²) in [6, 6.07) is 18.0. The Balaban J connectivity index is 1.51. The van der Waals surface area contributed by atoms with Crippen LogP contribution in [0.3, 0.4) is 0 Å². The Labute approximate surface area is 179 Å². The van der Waals surface area contributed by atoms with Crippen molar-refractivity contribution in [2.75, 3.05) is 0 Å². The lowest BCUT2D eigenvalue weighted by Crippen LogP contribution is -2.40. The summed E-state index contributed by atoms with van der Waals surface area (Å²) in [4.78, 5) is 13.2. The van der Waals surface area contributed by atoms with Crippen LogP contribution >= 0.6 is 11.3 Å². The van der Waals surface area contributed by atoms with E-state index in [4.69, 9.17) is 4.74 Å². The van der Waals surface area contributed by atoms with Crippen LogP contribution in [0, 0.1) is 0 Å². The Morgan fingerprint density at radius 2 is 1.87 bits per heavy atom. The molecule has 0 bridgehead atoms. The third kappa shape index (κ3) is 3.86. The van der Waals surface area contributed by atoms with Crippen molar-refractivity contribution < 1.29 is 23.1 Å². The number of fused-ring (bicyclic) bond motifs is 1. The molecule has 0 amide bonds. The molecule has 1 aliphatic rings. The molecule has 1 unspecified atom stereocenters. The third-order valence-electron chi connectivity index (χ3n) is 5.06. The van der Waals surface area contributed by atoms with E-state index >= 15 is 0 Å². The van der Waals surface area contributed by atoms with Crippen molar-refractivity contribution in [3.05, 3.63) is 71.1 Å². The highest BCUT2D eigenvalue weighted by molar-refractivity contribution is 7.89. The average molecular weight is 444 g/mol. The molecule has 30 heavy (non-hydrogen) atoms. The van der Waals surface area contributed by atoms with Crippen LogP contribution in [0.15, 0.2) is 65.6 Å². The smallest absolute Gasteiger partial charge is 0.322 e. The topological polar surface area (TPSA) is 83.9 Å². The fourth-order valence-electron chi connectivity index (χ4n) is 3.47. The van der Waals surface area contributed by atoms with Crippen LogP contribution in [0.5, 0.6) is 5.75 Å². The largest absolute Gasteiger partial charge is 0.489 e. The zero-order valence-corrected chi connectivity index (χ0v) is 17.9. The molecule has 0 spiro atoms. The van der Waals surface area contributed by atoms with Gasteiger partial charge >= 0.3 is 5.97 Å². The van der Waals surface area contributed by atoms with Crippen LogP contribution in [0.2, 0.25) is 0 Å². The number of hydrogen-bond donors (Lipinski definition) is 1. The molecule has 1 aromatic heterocycles. The van der Waals surface area contributed by atoms with Crippen molar-refractivity contribution >= 4 is 27.3 Å². The Morgan fingerprint density at radius 1 is 1.17 bits per heavy atom. The summed E-state index contributed by atoms with van der Waals surface area (Å²) in [5.74, 6) is -0.389. The number of hydrogen-bond acceptors (Lipinski definition) is 5. The summed E-state index contributed by atoms with van der Waals surface area (Å²) >= 11 is 1.38. The fourth-order valence-corrected chi connectivity index (χ4v) is 6.87. The molecule has 2 heterocycles. The van der Waals surface area contributed by atoms with E-state index in [0.717, 1.165) is 26.1 Å². The molecule has 2 aromatic carbocycles. The van der Waals surface area contributed by atoms with Gasteiger partial charge in [-0.05, 0) is 47.9 Å². The molecule has 156 valence electrons. The van der Waals surface area contributed by atoms with Crippen LogP contribution in [0.1, 0.15) is 23.8 Å². The maximum Gasteiger partial charge on any atom is 0.322 e. The first-order chi connectivity index (χ1) is 14.4. The molecule has 8 heteroatoms. The Bertz CT molecular complexity index is 1150. The first-order valence-corrected chi connectivity index (χ1v) is 11.8.